The van der Waals surface area contributed by atoms with Crippen molar-refractivity contribution in [3.8, 4) is 0 Å². The zero-order valence-electron chi connectivity index (χ0n) is 15.8. The van der Waals surface area contributed by atoms with E-state index in [1.54, 1.807) is 53.1 Å². The molecule has 0 saturated heterocycles. The molecule has 8 heteroatoms. The van der Waals surface area contributed by atoms with Crippen molar-refractivity contribution in [2.75, 3.05) is 32.5 Å². The van der Waals surface area contributed by atoms with Crippen molar-refractivity contribution in [2.24, 2.45) is 0 Å². The number of nitrogens with one attached hydrogen (secondary N) is 2. The fraction of sp³-hybridized carbons (Fsp3) is 0.250. The van der Waals surface area contributed by atoms with Crippen molar-refractivity contribution >= 4 is 34.6 Å². The molecule has 0 radical (unpaired) electrons. The van der Waals surface area contributed by atoms with Crippen molar-refractivity contribution in [2.45, 2.75) is 6.42 Å². The second-order valence-electron chi connectivity index (χ2n) is 6.62. The van der Waals surface area contributed by atoms with E-state index in [1.165, 1.54) is 0 Å². The van der Waals surface area contributed by atoms with E-state index in [0.29, 0.717) is 22.8 Å². The lowest BCUT2D eigenvalue weighted by molar-refractivity contribution is 0.0941. The highest BCUT2D eigenvalue weighted by Gasteiger charge is 2.21. The predicted octanol–water partition coefficient (Wildman–Crippen LogP) is 2.92. The standard InChI is InChI=1S/C20H22ClN5O2/c1-25(2)11-6-10-22-20(28)18-24-17(16-9-3-4-12-26(16)18)19(27)23-15-8-5-7-14(21)13-15/h3-5,7-9,12-13H,6,10-11H2,1-2H3,(H,22,28)(H,23,27). The fourth-order valence-electron chi connectivity index (χ4n) is 2.80. The molecule has 3 rings (SSSR count). The maximum atomic E-state index is 12.7. The maximum absolute atomic E-state index is 12.7. The first-order valence-corrected chi connectivity index (χ1v) is 9.30. The van der Waals surface area contributed by atoms with E-state index in [4.69, 9.17) is 11.6 Å². The van der Waals surface area contributed by atoms with Crippen LogP contribution in [0.25, 0.3) is 5.52 Å². The summed E-state index contributed by atoms with van der Waals surface area (Å²) in [6.07, 6.45) is 2.54. The van der Waals surface area contributed by atoms with Gasteiger partial charge in [0.1, 0.15) is 0 Å². The Balaban J connectivity index is 1.82. The van der Waals surface area contributed by atoms with Crippen LogP contribution < -0.4 is 10.6 Å². The third kappa shape index (κ3) is 4.68. The number of pyridine rings is 1. The van der Waals surface area contributed by atoms with Crippen molar-refractivity contribution in [1.29, 1.82) is 0 Å². The van der Waals surface area contributed by atoms with Crippen LogP contribution in [0.15, 0.2) is 48.7 Å². The summed E-state index contributed by atoms with van der Waals surface area (Å²) in [6.45, 7) is 1.40. The molecule has 146 valence electrons. The van der Waals surface area contributed by atoms with Crippen molar-refractivity contribution < 1.29 is 9.59 Å². The van der Waals surface area contributed by atoms with Crippen molar-refractivity contribution in [1.82, 2.24) is 19.6 Å². The van der Waals surface area contributed by atoms with Gasteiger partial charge in [0, 0.05) is 23.5 Å². The summed E-state index contributed by atoms with van der Waals surface area (Å²) in [5.41, 5.74) is 1.30. The molecule has 0 aliphatic rings. The molecule has 28 heavy (non-hydrogen) atoms. The number of hydrogen-bond acceptors (Lipinski definition) is 4. The molecule has 0 unspecified atom stereocenters. The number of benzene rings is 1. The van der Waals surface area contributed by atoms with Crippen LogP contribution >= 0.6 is 11.6 Å². The second-order valence-corrected chi connectivity index (χ2v) is 7.05. The van der Waals surface area contributed by atoms with Gasteiger partial charge in [0.2, 0.25) is 5.82 Å². The van der Waals surface area contributed by atoms with E-state index in [9.17, 15) is 9.59 Å². The minimum atomic E-state index is -0.405. The Morgan fingerprint density at radius 1 is 1.14 bits per heavy atom. The number of hydrogen-bond donors (Lipinski definition) is 2. The Bertz CT molecular complexity index is 999. The Morgan fingerprint density at radius 2 is 1.96 bits per heavy atom. The summed E-state index contributed by atoms with van der Waals surface area (Å²) in [6, 6.07) is 12.2. The van der Waals surface area contributed by atoms with E-state index in [-0.39, 0.29) is 17.4 Å². The van der Waals surface area contributed by atoms with Crippen LogP contribution in [0.3, 0.4) is 0 Å². The van der Waals surface area contributed by atoms with Gasteiger partial charge >= 0.3 is 0 Å². The lowest BCUT2D eigenvalue weighted by Crippen LogP contribution is -2.28. The normalized spacial score (nSPS) is 11.0. The average Bonchev–Trinajstić information content (AvgIpc) is 3.05. The van der Waals surface area contributed by atoms with E-state index < -0.39 is 5.91 Å². The molecule has 0 spiro atoms. The quantitative estimate of drug-likeness (QED) is 0.599. The van der Waals surface area contributed by atoms with Gasteiger partial charge in [0.15, 0.2) is 5.69 Å². The molecule has 2 amide bonds. The van der Waals surface area contributed by atoms with E-state index in [1.807, 2.05) is 14.1 Å². The van der Waals surface area contributed by atoms with Gasteiger partial charge in [-0.15, -0.1) is 0 Å². The first-order valence-electron chi connectivity index (χ1n) is 8.92. The number of aromatic nitrogens is 2. The predicted molar refractivity (Wildman–Crippen MR) is 110 cm³/mol. The summed E-state index contributed by atoms with van der Waals surface area (Å²) >= 11 is 5.97. The van der Waals surface area contributed by atoms with Crippen LogP contribution in [-0.4, -0.2) is 53.3 Å². The Kier molecular flexibility index (Phi) is 6.28. The Labute approximate surface area is 168 Å². The number of fused-ring (bicyclic) bond motifs is 1. The molecule has 0 saturated carbocycles. The van der Waals surface area contributed by atoms with E-state index in [0.717, 1.165) is 13.0 Å². The highest BCUT2D eigenvalue weighted by atomic mass is 35.5. The molecular weight excluding hydrogens is 378 g/mol. The lowest BCUT2D eigenvalue weighted by Gasteiger charge is -2.09. The molecule has 0 atom stereocenters. The molecular formula is C20H22ClN5O2. The zero-order chi connectivity index (χ0) is 20.1. The minimum Gasteiger partial charge on any atom is -0.349 e. The Hall–Kier alpha value is -2.90. The van der Waals surface area contributed by atoms with E-state index in [2.05, 4.69) is 20.5 Å². The molecule has 3 aromatic rings. The van der Waals surface area contributed by atoms with Gasteiger partial charge in [-0.1, -0.05) is 23.7 Å². The highest BCUT2D eigenvalue weighted by Crippen LogP contribution is 2.18. The van der Waals surface area contributed by atoms with Gasteiger partial charge in [-0.25, -0.2) is 4.98 Å². The number of nitrogens with zero attached hydrogens (tertiary/aromatic N) is 3. The first-order chi connectivity index (χ1) is 13.5. The molecule has 2 N–H and O–H groups in total. The summed E-state index contributed by atoms with van der Waals surface area (Å²) in [5.74, 6) is -0.545. The summed E-state index contributed by atoms with van der Waals surface area (Å²) in [5, 5.41) is 6.15. The van der Waals surface area contributed by atoms with Gasteiger partial charge < -0.3 is 15.5 Å². The topological polar surface area (TPSA) is 78.7 Å². The van der Waals surface area contributed by atoms with Crippen LogP contribution in [0.4, 0.5) is 5.69 Å². The molecule has 0 aliphatic carbocycles. The summed E-state index contributed by atoms with van der Waals surface area (Å²) in [7, 11) is 3.96. The van der Waals surface area contributed by atoms with Crippen LogP contribution in [-0.2, 0) is 0 Å². The molecule has 0 bridgehead atoms. The van der Waals surface area contributed by atoms with Crippen molar-refractivity contribution in [3.05, 3.63) is 65.2 Å². The fourth-order valence-corrected chi connectivity index (χ4v) is 2.99. The van der Waals surface area contributed by atoms with Gasteiger partial charge in [0.25, 0.3) is 11.8 Å². The highest BCUT2D eigenvalue weighted by molar-refractivity contribution is 6.31. The molecule has 2 aromatic heterocycles. The number of imidazole rings is 1. The monoisotopic (exact) mass is 399 g/mol. The number of amides is 2. The van der Waals surface area contributed by atoms with Crippen LogP contribution in [0, 0.1) is 0 Å². The third-order valence-corrected chi connectivity index (χ3v) is 4.35. The maximum Gasteiger partial charge on any atom is 0.287 e. The largest absolute Gasteiger partial charge is 0.349 e. The van der Waals surface area contributed by atoms with Crippen LogP contribution in [0.5, 0.6) is 0 Å². The zero-order valence-corrected chi connectivity index (χ0v) is 16.5. The van der Waals surface area contributed by atoms with Gasteiger partial charge in [-0.2, -0.15) is 0 Å². The van der Waals surface area contributed by atoms with Crippen LogP contribution in [0.2, 0.25) is 5.02 Å². The second kappa shape index (κ2) is 8.86. The third-order valence-electron chi connectivity index (χ3n) is 4.12. The molecule has 1 aromatic carbocycles. The van der Waals surface area contributed by atoms with Crippen LogP contribution in [0.1, 0.15) is 27.5 Å². The first kappa shape index (κ1) is 19.9. The molecule has 2 heterocycles. The summed E-state index contributed by atoms with van der Waals surface area (Å²) < 4.78 is 1.62. The van der Waals surface area contributed by atoms with Gasteiger partial charge in [-0.3, -0.25) is 14.0 Å². The van der Waals surface area contributed by atoms with E-state index >= 15 is 0 Å². The number of rotatable bonds is 7. The minimum absolute atomic E-state index is 0.177. The number of halogens is 1. The van der Waals surface area contributed by atoms with Gasteiger partial charge in [-0.05, 0) is 57.4 Å². The summed E-state index contributed by atoms with van der Waals surface area (Å²) in [4.78, 5) is 31.7. The number of anilines is 1. The van der Waals surface area contributed by atoms with Gasteiger partial charge in [0.05, 0.1) is 5.52 Å². The number of carbonyl (C=O) groups excluding carboxylic acids is 2. The Morgan fingerprint density at radius 3 is 2.71 bits per heavy atom. The molecule has 7 nitrogen and oxygen atoms in total. The lowest BCUT2D eigenvalue weighted by atomic mass is 10.3. The number of carbonyl (C=O) groups is 2. The molecule has 0 aliphatic heterocycles. The van der Waals surface area contributed by atoms with Crippen molar-refractivity contribution in [3.63, 3.8) is 0 Å². The molecule has 0 fully saturated rings. The average molecular weight is 400 g/mol. The SMILES string of the molecule is CN(C)CCCNC(=O)c1nc(C(=O)Nc2cccc(Cl)c2)c2ccccn12. The smallest absolute Gasteiger partial charge is 0.287 e.